The minimum Gasteiger partial charge on any atom is -0.497 e. The largest absolute Gasteiger partial charge is 0.497 e. The summed E-state index contributed by atoms with van der Waals surface area (Å²) in [5, 5.41) is 3.84. The van der Waals surface area contributed by atoms with Gasteiger partial charge in [0.1, 0.15) is 23.6 Å². The number of rotatable bonds is 6. The van der Waals surface area contributed by atoms with E-state index in [-0.39, 0.29) is 10.6 Å². The molecule has 1 N–H and O–H groups in total. The van der Waals surface area contributed by atoms with Crippen molar-refractivity contribution >= 4 is 32.2 Å². The van der Waals surface area contributed by atoms with Crippen LogP contribution >= 0.6 is 0 Å². The highest BCUT2D eigenvalue weighted by atomic mass is 32.2. The van der Waals surface area contributed by atoms with E-state index < -0.39 is 9.84 Å². The number of hydrogen-bond acceptors (Lipinski definition) is 7. The summed E-state index contributed by atoms with van der Waals surface area (Å²) in [6.07, 6.45) is 1.43. The average molecular weight is 373 g/mol. The van der Waals surface area contributed by atoms with Crippen molar-refractivity contribution in [2.45, 2.75) is 11.8 Å². The minimum atomic E-state index is -3.29. The van der Waals surface area contributed by atoms with Crippen LogP contribution in [0.5, 0.6) is 11.5 Å². The standard InChI is InChI=1S/C18H19N3O4S/c1-4-26(22,23)14-7-5-6-12(8-14)21-18-17-15(19-11-20-18)9-13(24-2)10-16(17)25-3/h5-11H,4H2,1-3H3,(H,19,20,21). The molecule has 0 unspecified atom stereocenters. The van der Waals surface area contributed by atoms with Crippen LogP contribution in [0, 0.1) is 0 Å². The highest BCUT2D eigenvalue weighted by molar-refractivity contribution is 7.91. The highest BCUT2D eigenvalue weighted by Crippen LogP contribution is 2.35. The van der Waals surface area contributed by atoms with Crippen LogP contribution in [0.4, 0.5) is 11.5 Å². The summed E-state index contributed by atoms with van der Waals surface area (Å²) in [6.45, 7) is 1.62. The number of methoxy groups -OCH3 is 2. The number of nitrogens with one attached hydrogen (secondary N) is 1. The summed E-state index contributed by atoms with van der Waals surface area (Å²) in [7, 11) is -0.166. The molecule has 7 nitrogen and oxygen atoms in total. The molecule has 0 spiro atoms. The maximum atomic E-state index is 12.1. The molecular formula is C18H19N3O4S. The first-order valence-electron chi connectivity index (χ1n) is 7.95. The van der Waals surface area contributed by atoms with Gasteiger partial charge in [-0.15, -0.1) is 0 Å². The lowest BCUT2D eigenvalue weighted by atomic mass is 10.2. The molecule has 1 aromatic heterocycles. The third-order valence-electron chi connectivity index (χ3n) is 3.97. The quantitative estimate of drug-likeness (QED) is 0.709. The molecule has 0 aliphatic heterocycles. The summed E-state index contributed by atoms with van der Waals surface area (Å²) >= 11 is 0. The summed E-state index contributed by atoms with van der Waals surface area (Å²) < 4.78 is 34.9. The van der Waals surface area contributed by atoms with E-state index in [1.807, 2.05) is 0 Å². The van der Waals surface area contributed by atoms with E-state index in [0.717, 1.165) is 0 Å². The van der Waals surface area contributed by atoms with Gasteiger partial charge in [-0.3, -0.25) is 0 Å². The SMILES string of the molecule is CCS(=O)(=O)c1cccc(Nc2ncnc3cc(OC)cc(OC)c23)c1. The molecule has 3 aromatic rings. The molecule has 0 fully saturated rings. The van der Waals surface area contributed by atoms with Crippen molar-refractivity contribution in [3.8, 4) is 11.5 Å². The second-order valence-corrected chi connectivity index (χ2v) is 7.78. The average Bonchev–Trinajstić information content (AvgIpc) is 2.67. The number of ether oxygens (including phenoxy) is 2. The summed E-state index contributed by atoms with van der Waals surface area (Å²) in [4.78, 5) is 8.81. The normalized spacial score (nSPS) is 11.3. The molecule has 0 radical (unpaired) electrons. The zero-order valence-corrected chi connectivity index (χ0v) is 15.5. The molecule has 0 saturated heterocycles. The van der Waals surface area contributed by atoms with Gasteiger partial charge in [-0.1, -0.05) is 13.0 Å². The first-order chi connectivity index (χ1) is 12.5. The minimum absolute atomic E-state index is 0.0422. The number of benzene rings is 2. The van der Waals surface area contributed by atoms with Gasteiger partial charge in [0, 0.05) is 17.8 Å². The molecule has 0 bridgehead atoms. The number of anilines is 2. The van der Waals surface area contributed by atoms with Gasteiger partial charge in [0.05, 0.1) is 35.8 Å². The Morgan fingerprint density at radius 3 is 2.58 bits per heavy atom. The lowest BCUT2D eigenvalue weighted by Crippen LogP contribution is -2.04. The maximum absolute atomic E-state index is 12.1. The van der Waals surface area contributed by atoms with Crippen LogP contribution in [0.25, 0.3) is 10.9 Å². The first kappa shape index (κ1) is 17.9. The van der Waals surface area contributed by atoms with Crippen LogP contribution in [0.15, 0.2) is 47.6 Å². The molecule has 0 aliphatic rings. The van der Waals surface area contributed by atoms with Crippen LogP contribution in [0.3, 0.4) is 0 Å². The molecule has 26 heavy (non-hydrogen) atoms. The second-order valence-electron chi connectivity index (χ2n) is 5.50. The second kappa shape index (κ2) is 7.17. The van der Waals surface area contributed by atoms with Gasteiger partial charge in [-0.2, -0.15) is 0 Å². The van der Waals surface area contributed by atoms with E-state index in [1.165, 1.54) is 6.33 Å². The molecule has 0 amide bonds. The van der Waals surface area contributed by atoms with Crippen LogP contribution in [-0.4, -0.2) is 38.4 Å². The Bertz CT molecular complexity index is 1050. The van der Waals surface area contributed by atoms with Crippen molar-refractivity contribution < 1.29 is 17.9 Å². The number of fused-ring (bicyclic) bond motifs is 1. The van der Waals surface area contributed by atoms with Crippen molar-refractivity contribution in [1.29, 1.82) is 0 Å². The van der Waals surface area contributed by atoms with Crippen LogP contribution in [0.1, 0.15) is 6.92 Å². The summed E-state index contributed by atoms with van der Waals surface area (Å²) in [6, 6.07) is 10.2. The zero-order chi connectivity index (χ0) is 18.7. The molecule has 1 heterocycles. The maximum Gasteiger partial charge on any atom is 0.178 e. The fraction of sp³-hybridized carbons (Fsp3) is 0.222. The van der Waals surface area contributed by atoms with Crippen LogP contribution in [-0.2, 0) is 9.84 Å². The number of sulfone groups is 1. The predicted octanol–water partition coefficient (Wildman–Crippen LogP) is 3.18. The van der Waals surface area contributed by atoms with Gasteiger partial charge in [0.2, 0.25) is 0 Å². The lowest BCUT2D eigenvalue weighted by Gasteiger charge is -2.13. The molecule has 2 aromatic carbocycles. The third kappa shape index (κ3) is 3.41. The van der Waals surface area contributed by atoms with Gasteiger partial charge in [0.15, 0.2) is 9.84 Å². The molecule has 8 heteroatoms. The van der Waals surface area contributed by atoms with Crippen LogP contribution < -0.4 is 14.8 Å². The van der Waals surface area contributed by atoms with Crippen molar-refractivity contribution in [3.63, 3.8) is 0 Å². The zero-order valence-electron chi connectivity index (χ0n) is 14.7. The number of hydrogen-bond donors (Lipinski definition) is 1. The van der Waals surface area contributed by atoms with Gasteiger partial charge >= 0.3 is 0 Å². The first-order valence-corrected chi connectivity index (χ1v) is 9.60. The molecular weight excluding hydrogens is 354 g/mol. The third-order valence-corrected chi connectivity index (χ3v) is 5.70. The van der Waals surface area contributed by atoms with E-state index in [2.05, 4.69) is 15.3 Å². The van der Waals surface area contributed by atoms with Crippen molar-refractivity contribution in [2.24, 2.45) is 0 Å². The Labute approximate surface area is 151 Å². The van der Waals surface area contributed by atoms with Crippen molar-refractivity contribution in [1.82, 2.24) is 9.97 Å². The Balaban J connectivity index is 2.09. The van der Waals surface area contributed by atoms with E-state index in [0.29, 0.717) is 33.9 Å². The van der Waals surface area contributed by atoms with E-state index >= 15 is 0 Å². The molecule has 3 rings (SSSR count). The predicted molar refractivity (Wildman–Crippen MR) is 100 cm³/mol. The molecule has 0 saturated carbocycles. The lowest BCUT2D eigenvalue weighted by molar-refractivity contribution is 0.398. The molecule has 0 aliphatic carbocycles. The van der Waals surface area contributed by atoms with E-state index in [1.54, 1.807) is 57.5 Å². The number of nitrogens with zero attached hydrogens (tertiary/aromatic N) is 2. The smallest absolute Gasteiger partial charge is 0.178 e. The summed E-state index contributed by atoms with van der Waals surface area (Å²) in [5.41, 5.74) is 1.26. The Hall–Kier alpha value is -2.87. The molecule has 0 atom stereocenters. The van der Waals surface area contributed by atoms with Crippen molar-refractivity contribution in [2.75, 3.05) is 25.3 Å². The fourth-order valence-electron chi connectivity index (χ4n) is 2.57. The Kier molecular flexibility index (Phi) is 4.94. The Morgan fingerprint density at radius 2 is 1.88 bits per heavy atom. The molecule has 136 valence electrons. The Morgan fingerprint density at radius 1 is 1.08 bits per heavy atom. The van der Waals surface area contributed by atoms with Crippen LogP contribution in [0.2, 0.25) is 0 Å². The fourth-order valence-corrected chi connectivity index (χ4v) is 3.50. The van der Waals surface area contributed by atoms with Gasteiger partial charge in [-0.05, 0) is 18.2 Å². The topological polar surface area (TPSA) is 90.4 Å². The highest BCUT2D eigenvalue weighted by Gasteiger charge is 2.15. The van der Waals surface area contributed by atoms with E-state index in [4.69, 9.17) is 9.47 Å². The van der Waals surface area contributed by atoms with E-state index in [9.17, 15) is 8.42 Å². The summed E-state index contributed by atoms with van der Waals surface area (Å²) in [5.74, 6) is 1.73. The van der Waals surface area contributed by atoms with Gasteiger partial charge < -0.3 is 14.8 Å². The monoisotopic (exact) mass is 373 g/mol. The van der Waals surface area contributed by atoms with Crippen molar-refractivity contribution in [3.05, 3.63) is 42.7 Å². The van der Waals surface area contributed by atoms with Gasteiger partial charge in [-0.25, -0.2) is 18.4 Å². The number of aromatic nitrogens is 2. The van der Waals surface area contributed by atoms with Gasteiger partial charge in [0.25, 0.3) is 0 Å².